The summed E-state index contributed by atoms with van der Waals surface area (Å²) < 4.78 is 1.37. The molecule has 1 aliphatic carbocycles. The van der Waals surface area contributed by atoms with Gasteiger partial charge in [0.1, 0.15) is 5.02 Å². The van der Waals surface area contributed by atoms with Crippen molar-refractivity contribution in [3.63, 3.8) is 0 Å². The smallest absolute Gasteiger partial charge is 0.287 e. The van der Waals surface area contributed by atoms with Gasteiger partial charge >= 0.3 is 0 Å². The molecule has 1 N–H and O–H groups in total. The van der Waals surface area contributed by atoms with E-state index < -0.39 is 0 Å². The second-order valence-electron chi connectivity index (χ2n) is 5.79. The van der Waals surface area contributed by atoms with Crippen molar-refractivity contribution < 1.29 is 5.11 Å². The fraction of sp³-hybridized carbons (Fsp3) is 0.412. The molecule has 6 heteroatoms. The lowest BCUT2D eigenvalue weighted by atomic mass is 9.91. The minimum Gasteiger partial charge on any atom is -0.395 e. The molecule has 1 aromatic heterocycles. The Balaban J connectivity index is 1.89. The van der Waals surface area contributed by atoms with E-state index in [1.54, 1.807) is 6.20 Å². The van der Waals surface area contributed by atoms with E-state index in [2.05, 4.69) is 5.10 Å². The van der Waals surface area contributed by atoms with Gasteiger partial charge in [0.25, 0.3) is 5.56 Å². The normalized spacial score (nSPS) is 14.5. The van der Waals surface area contributed by atoms with Crippen molar-refractivity contribution in [1.82, 2.24) is 9.78 Å². The van der Waals surface area contributed by atoms with E-state index in [1.165, 1.54) is 11.1 Å². The third kappa shape index (κ3) is 3.41. The summed E-state index contributed by atoms with van der Waals surface area (Å²) in [5.74, 6) is 0. The Labute approximate surface area is 140 Å². The van der Waals surface area contributed by atoms with Crippen molar-refractivity contribution in [2.75, 3.05) is 18.1 Å². The zero-order valence-corrected chi connectivity index (χ0v) is 13.6. The molecule has 1 saturated carbocycles. The maximum absolute atomic E-state index is 12.5. The Morgan fingerprint density at radius 2 is 2.04 bits per heavy atom. The number of nitrogens with zero attached hydrogens (tertiary/aromatic N) is 3. The van der Waals surface area contributed by atoms with Crippen LogP contribution in [0.3, 0.4) is 0 Å². The van der Waals surface area contributed by atoms with Crippen LogP contribution >= 0.6 is 11.6 Å². The Morgan fingerprint density at radius 1 is 1.30 bits per heavy atom. The average molecular weight is 334 g/mol. The van der Waals surface area contributed by atoms with E-state index in [0.29, 0.717) is 24.8 Å². The van der Waals surface area contributed by atoms with Crippen molar-refractivity contribution in [3.05, 3.63) is 57.5 Å². The molecule has 1 aliphatic rings. The Kier molecular flexibility index (Phi) is 4.98. The van der Waals surface area contributed by atoms with Gasteiger partial charge in [0.15, 0.2) is 0 Å². The average Bonchev–Trinajstić information content (AvgIpc) is 2.51. The maximum Gasteiger partial charge on any atom is 0.287 e. The number of aliphatic hydroxyl groups is 1. The second kappa shape index (κ2) is 7.15. The van der Waals surface area contributed by atoms with Crippen LogP contribution < -0.4 is 10.5 Å². The van der Waals surface area contributed by atoms with Crippen molar-refractivity contribution in [2.45, 2.75) is 31.8 Å². The topological polar surface area (TPSA) is 58.4 Å². The van der Waals surface area contributed by atoms with Gasteiger partial charge in [-0.15, -0.1) is 0 Å². The molecule has 0 atom stereocenters. The maximum atomic E-state index is 12.5. The summed E-state index contributed by atoms with van der Waals surface area (Å²) in [5, 5.41) is 13.7. The molecular weight excluding hydrogens is 314 g/mol. The predicted molar refractivity (Wildman–Crippen MR) is 91.1 cm³/mol. The first-order valence-corrected chi connectivity index (χ1v) is 8.25. The monoisotopic (exact) mass is 333 g/mol. The lowest BCUT2D eigenvalue weighted by Gasteiger charge is -2.39. The number of anilines is 1. The van der Waals surface area contributed by atoms with Crippen LogP contribution in [0, 0.1) is 0 Å². The molecule has 23 heavy (non-hydrogen) atoms. The summed E-state index contributed by atoms with van der Waals surface area (Å²) in [6.07, 6.45) is 4.93. The molecule has 0 spiro atoms. The van der Waals surface area contributed by atoms with Crippen LogP contribution in [0.15, 0.2) is 41.3 Å². The number of aliphatic hydroxyl groups excluding tert-OH is 1. The summed E-state index contributed by atoms with van der Waals surface area (Å²) in [6, 6.07) is 10.0. The Hall–Kier alpha value is -1.85. The molecule has 2 aromatic rings. The van der Waals surface area contributed by atoms with E-state index in [4.69, 9.17) is 11.6 Å². The molecule has 0 bridgehead atoms. The van der Waals surface area contributed by atoms with E-state index in [0.717, 1.165) is 18.4 Å². The molecule has 0 amide bonds. The van der Waals surface area contributed by atoms with E-state index in [-0.39, 0.29) is 17.2 Å². The van der Waals surface area contributed by atoms with Gasteiger partial charge in [0.05, 0.1) is 25.0 Å². The van der Waals surface area contributed by atoms with Gasteiger partial charge in [-0.2, -0.15) is 5.10 Å². The summed E-state index contributed by atoms with van der Waals surface area (Å²) >= 11 is 6.32. The van der Waals surface area contributed by atoms with Gasteiger partial charge < -0.3 is 10.0 Å². The van der Waals surface area contributed by atoms with Crippen LogP contribution in [0.5, 0.6) is 0 Å². The van der Waals surface area contributed by atoms with Crippen LogP contribution in [-0.4, -0.2) is 34.1 Å². The van der Waals surface area contributed by atoms with Crippen molar-refractivity contribution in [1.29, 1.82) is 0 Å². The minimum absolute atomic E-state index is 0.0277. The van der Waals surface area contributed by atoms with Gasteiger partial charge in [-0.05, 0) is 24.8 Å². The molecule has 0 saturated heterocycles. The number of hydrogen-bond donors (Lipinski definition) is 1. The second-order valence-corrected chi connectivity index (χ2v) is 6.17. The molecule has 0 aliphatic heterocycles. The highest BCUT2D eigenvalue weighted by Crippen LogP contribution is 2.31. The number of aromatic nitrogens is 2. The summed E-state index contributed by atoms with van der Waals surface area (Å²) in [6.45, 7) is 0.886. The van der Waals surface area contributed by atoms with Gasteiger partial charge in [0.2, 0.25) is 0 Å². The lowest BCUT2D eigenvalue weighted by molar-refractivity contribution is 0.283. The van der Waals surface area contributed by atoms with Crippen molar-refractivity contribution >= 4 is 17.3 Å². The largest absolute Gasteiger partial charge is 0.395 e. The molecule has 1 heterocycles. The van der Waals surface area contributed by atoms with Gasteiger partial charge in [0, 0.05) is 12.6 Å². The van der Waals surface area contributed by atoms with Crippen LogP contribution in [-0.2, 0) is 6.54 Å². The molecule has 0 radical (unpaired) electrons. The Morgan fingerprint density at radius 3 is 2.65 bits per heavy atom. The molecule has 3 rings (SSSR count). The number of hydrogen-bond acceptors (Lipinski definition) is 4. The fourth-order valence-electron chi connectivity index (χ4n) is 2.83. The molecule has 0 unspecified atom stereocenters. The third-order valence-electron chi connectivity index (χ3n) is 4.31. The van der Waals surface area contributed by atoms with Crippen molar-refractivity contribution in [2.24, 2.45) is 0 Å². The van der Waals surface area contributed by atoms with Crippen LogP contribution in [0.2, 0.25) is 5.02 Å². The van der Waals surface area contributed by atoms with Crippen molar-refractivity contribution in [3.8, 4) is 0 Å². The van der Waals surface area contributed by atoms with Crippen LogP contribution in [0.25, 0.3) is 0 Å². The van der Waals surface area contributed by atoms with Gasteiger partial charge in [-0.25, -0.2) is 4.68 Å². The first-order valence-electron chi connectivity index (χ1n) is 7.87. The molecule has 1 aromatic carbocycles. The predicted octanol–water partition coefficient (Wildman–Crippen LogP) is 2.30. The minimum atomic E-state index is -0.296. The number of rotatable bonds is 6. The van der Waals surface area contributed by atoms with Gasteiger partial charge in [-0.1, -0.05) is 41.9 Å². The van der Waals surface area contributed by atoms with Crippen LogP contribution in [0.1, 0.15) is 24.8 Å². The third-order valence-corrected chi connectivity index (χ3v) is 4.66. The summed E-state index contributed by atoms with van der Waals surface area (Å²) in [7, 11) is 0. The van der Waals surface area contributed by atoms with E-state index in [1.807, 2.05) is 35.2 Å². The highest BCUT2D eigenvalue weighted by molar-refractivity contribution is 6.33. The fourth-order valence-corrected chi connectivity index (χ4v) is 3.09. The molecular formula is C17H20ClN3O2. The molecule has 122 valence electrons. The first kappa shape index (κ1) is 16.0. The SMILES string of the molecule is O=c1c(Cl)c(N(CCO)C2CCC2)cnn1Cc1ccccc1. The lowest BCUT2D eigenvalue weighted by Crippen LogP contribution is -2.43. The van der Waals surface area contributed by atoms with Gasteiger partial charge in [-0.3, -0.25) is 4.79 Å². The quantitative estimate of drug-likeness (QED) is 0.881. The number of halogens is 1. The first-order chi connectivity index (χ1) is 11.2. The molecule has 1 fully saturated rings. The van der Waals surface area contributed by atoms with E-state index in [9.17, 15) is 9.90 Å². The Bertz CT molecular complexity index is 714. The van der Waals surface area contributed by atoms with Crippen LogP contribution in [0.4, 0.5) is 5.69 Å². The molecule has 5 nitrogen and oxygen atoms in total. The summed E-state index contributed by atoms with van der Waals surface area (Å²) in [4.78, 5) is 14.5. The zero-order valence-electron chi connectivity index (χ0n) is 12.9. The standard InChI is InChI=1S/C17H20ClN3O2/c18-16-15(20(9-10-22)14-7-4-8-14)11-19-21(17(16)23)12-13-5-2-1-3-6-13/h1-3,5-6,11,14,22H,4,7-10,12H2. The highest BCUT2D eigenvalue weighted by atomic mass is 35.5. The number of benzene rings is 1. The highest BCUT2D eigenvalue weighted by Gasteiger charge is 2.27. The van der Waals surface area contributed by atoms with E-state index >= 15 is 0 Å². The zero-order chi connectivity index (χ0) is 16.2. The summed E-state index contributed by atoms with van der Waals surface area (Å²) in [5.41, 5.74) is 1.33.